The number of amidine groups is 1. The molecule has 0 aliphatic carbocycles. The number of aryl methyl sites for hydroxylation is 1. The number of alkyl halides is 3. The second-order valence-electron chi connectivity index (χ2n) is 7.39. The van der Waals surface area contributed by atoms with Crippen LogP contribution in [0.15, 0.2) is 89.9 Å². The number of carbonyl (C=O) groups is 1. The van der Waals surface area contributed by atoms with Crippen LogP contribution in [-0.2, 0) is 11.2 Å². The van der Waals surface area contributed by atoms with Gasteiger partial charge in [-0.1, -0.05) is 72.8 Å². The third-order valence-electron chi connectivity index (χ3n) is 5.04. The Hall–Kier alpha value is -3.68. The largest absolute Gasteiger partial charge is 0.490 e. The summed E-state index contributed by atoms with van der Waals surface area (Å²) in [7, 11) is 0. The number of halogens is 4. The summed E-state index contributed by atoms with van der Waals surface area (Å²) in [6, 6.07) is 27.8. The Kier molecular flexibility index (Phi) is 7.82. The molecule has 8 heteroatoms. The second-order valence-corrected chi connectivity index (χ2v) is 7.39. The highest BCUT2D eigenvalue weighted by atomic mass is 19.4. The number of benzene rings is 3. The molecule has 0 saturated carbocycles. The van der Waals surface area contributed by atoms with E-state index in [0.29, 0.717) is 0 Å². The van der Waals surface area contributed by atoms with Crippen molar-refractivity contribution in [2.75, 3.05) is 0 Å². The lowest BCUT2D eigenvalue weighted by atomic mass is 9.95. The lowest BCUT2D eigenvalue weighted by Crippen LogP contribution is -2.24. The van der Waals surface area contributed by atoms with E-state index < -0.39 is 12.1 Å². The monoisotopic (exact) mass is 458 g/mol. The first-order valence-corrected chi connectivity index (χ1v) is 10.2. The average molecular weight is 458 g/mol. The minimum Gasteiger partial charge on any atom is -0.475 e. The predicted octanol–water partition coefficient (Wildman–Crippen LogP) is 5.88. The van der Waals surface area contributed by atoms with Crippen LogP contribution >= 0.6 is 0 Å². The molecule has 0 bridgehead atoms. The molecule has 0 saturated heterocycles. The zero-order valence-corrected chi connectivity index (χ0v) is 17.5. The summed E-state index contributed by atoms with van der Waals surface area (Å²) in [5.41, 5.74) is 3.57. The molecule has 0 spiro atoms. The van der Waals surface area contributed by atoms with Crippen molar-refractivity contribution in [1.82, 2.24) is 5.32 Å². The maximum absolute atomic E-state index is 13.1. The number of hydrogen-bond acceptors (Lipinski definition) is 3. The summed E-state index contributed by atoms with van der Waals surface area (Å²) >= 11 is 0. The van der Waals surface area contributed by atoms with Crippen LogP contribution in [0, 0.1) is 5.82 Å². The molecular formula is C25H22F4N2O2. The minimum atomic E-state index is -5.08. The SMILES string of the molecule is Fc1ccc(CCC2=N[C@H](c3ccccc3)[C@H](c3ccccc3)N2)cc1.O=C(O)C(F)(F)F. The van der Waals surface area contributed by atoms with E-state index >= 15 is 0 Å². The van der Waals surface area contributed by atoms with E-state index in [0.717, 1.165) is 24.2 Å². The second kappa shape index (κ2) is 10.8. The van der Waals surface area contributed by atoms with Gasteiger partial charge in [-0.15, -0.1) is 0 Å². The maximum atomic E-state index is 13.1. The van der Waals surface area contributed by atoms with Gasteiger partial charge in [0.2, 0.25) is 0 Å². The van der Waals surface area contributed by atoms with Gasteiger partial charge in [-0.25, -0.2) is 9.18 Å². The Morgan fingerprint density at radius 2 is 1.36 bits per heavy atom. The van der Waals surface area contributed by atoms with E-state index in [2.05, 4.69) is 53.8 Å². The molecule has 1 aliphatic heterocycles. The van der Waals surface area contributed by atoms with Gasteiger partial charge in [0.1, 0.15) is 11.9 Å². The first kappa shape index (κ1) is 24.0. The number of carboxylic acid groups (broad SMARTS) is 1. The summed E-state index contributed by atoms with van der Waals surface area (Å²) in [5.74, 6) is -1.94. The molecule has 1 aliphatic rings. The summed E-state index contributed by atoms with van der Waals surface area (Å²) in [6.45, 7) is 0. The smallest absolute Gasteiger partial charge is 0.475 e. The number of rotatable bonds is 5. The molecule has 4 rings (SSSR count). The van der Waals surface area contributed by atoms with E-state index in [1.165, 1.54) is 23.3 Å². The molecule has 3 aromatic carbocycles. The van der Waals surface area contributed by atoms with E-state index in [4.69, 9.17) is 14.9 Å². The van der Waals surface area contributed by atoms with Crippen LogP contribution in [0.2, 0.25) is 0 Å². The summed E-state index contributed by atoms with van der Waals surface area (Å²) in [5, 5.41) is 10.7. The normalized spacial score (nSPS) is 17.4. The highest BCUT2D eigenvalue weighted by Gasteiger charge is 2.38. The number of hydrogen-bond donors (Lipinski definition) is 2. The van der Waals surface area contributed by atoms with Crippen LogP contribution in [0.4, 0.5) is 17.6 Å². The van der Waals surface area contributed by atoms with Crippen molar-refractivity contribution in [3.05, 3.63) is 107 Å². The first-order chi connectivity index (χ1) is 15.7. The van der Waals surface area contributed by atoms with Crippen molar-refractivity contribution < 1.29 is 27.5 Å². The van der Waals surface area contributed by atoms with Crippen molar-refractivity contribution in [3.8, 4) is 0 Å². The zero-order valence-electron chi connectivity index (χ0n) is 17.5. The Balaban J connectivity index is 0.000000383. The fourth-order valence-corrected chi connectivity index (χ4v) is 3.43. The third-order valence-corrected chi connectivity index (χ3v) is 5.04. The molecule has 3 aromatic rings. The van der Waals surface area contributed by atoms with Gasteiger partial charge < -0.3 is 10.4 Å². The molecule has 0 unspecified atom stereocenters. The summed E-state index contributed by atoms with van der Waals surface area (Å²) < 4.78 is 44.8. The van der Waals surface area contributed by atoms with E-state index in [9.17, 15) is 17.6 Å². The van der Waals surface area contributed by atoms with Crippen LogP contribution in [0.3, 0.4) is 0 Å². The van der Waals surface area contributed by atoms with Gasteiger partial charge >= 0.3 is 12.1 Å². The van der Waals surface area contributed by atoms with Gasteiger partial charge in [-0.3, -0.25) is 4.99 Å². The molecule has 2 atom stereocenters. The van der Waals surface area contributed by atoms with Gasteiger partial charge in [0, 0.05) is 6.42 Å². The Morgan fingerprint density at radius 3 is 1.88 bits per heavy atom. The molecular weight excluding hydrogens is 436 g/mol. The van der Waals surface area contributed by atoms with E-state index in [-0.39, 0.29) is 17.9 Å². The maximum Gasteiger partial charge on any atom is 0.490 e. The van der Waals surface area contributed by atoms with Crippen LogP contribution in [0.1, 0.15) is 35.2 Å². The fourth-order valence-electron chi connectivity index (χ4n) is 3.43. The van der Waals surface area contributed by atoms with Crippen LogP contribution < -0.4 is 5.32 Å². The standard InChI is InChI=1S/C23H21FN2.C2HF3O2/c24-20-14-11-17(12-15-20)13-16-21-25-22(18-7-3-1-4-8-18)23(26-21)19-9-5-2-6-10-19;3-2(4,5)1(6)7/h1-12,14-15,22-23H,13,16H2,(H,25,26);(H,6,7)/t22-,23+;. The molecule has 33 heavy (non-hydrogen) atoms. The third kappa shape index (κ3) is 6.90. The van der Waals surface area contributed by atoms with Crippen molar-refractivity contribution in [2.45, 2.75) is 31.1 Å². The van der Waals surface area contributed by atoms with Gasteiger partial charge in [0.15, 0.2) is 0 Å². The molecule has 172 valence electrons. The van der Waals surface area contributed by atoms with Crippen LogP contribution in [0.5, 0.6) is 0 Å². The first-order valence-electron chi connectivity index (χ1n) is 10.2. The highest BCUT2D eigenvalue weighted by molar-refractivity contribution is 5.85. The topological polar surface area (TPSA) is 61.7 Å². The van der Waals surface area contributed by atoms with Gasteiger partial charge in [-0.2, -0.15) is 13.2 Å². The van der Waals surface area contributed by atoms with Gasteiger partial charge in [0.25, 0.3) is 0 Å². The summed E-state index contributed by atoms with van der Waals surface area (Å²) in [4.78, 5) is 13.9. The lowest BCUT2D eigenvalue weighted by molar-refractivity contribution is -0.192. The number of aliphatic imine (C=N–C) groups is 1. The number of nitrogens with zero attached hydrogens (tertiary/aromatic N) is 1. The lowest BCUT2D eigenvalue weighted by Gasteiger charge is -2.19. The van der Waals surface area contributed by atoms with Crippen LogP contribution in [0.25, 0.3) is 0 Å². The molecule has 0 aromatic heterocycles. The Bertz CT molecular complexity index is 1070. The van der Waals surface area contributed by atoms with E-state index in [1.54, 1.807) is 0 Å². The zero-order chi connectivity index (χ0) is 23.8. The molecule has 1 heterocycles. The average Bonchev–Trinajstić information content (AvgIpc) is 3.24. The number of aliphatic carboxylic acids is 1. The predicted molar refractivity (Wildman–Crippen MR) is 117 cm³/mol. The Labute approximate surface area is 188 Å². The van der Waals surface area contributed by atoms with E-state index in [1.807, 2.05) is 24.3 Å². The highest BCUT2D eigenvalue weighted by Crippen LogP contribution is 2.36. The van der Waals surface area contributed by atoms with Crippen molar-refractivity contribution >= 4 is 11.8 Å². The van der Waals surface area contributed by atoms with Gasteiger partial charge in [0.05, 0.1) is 11.9 Å². The molecule has 0 amide bonds. The molecule has 2 N–H and O–H groups in total. The van der Waals surface area contributed by atoms with Gasteiger partial charge in [-0.05, 0) is 35.2 Å². The number of nitrogens with one attached hydrogen (secondary N) is 1. The van der Waals surface area contributed by atoms with Crippen molar-refractivity contribution in [2.24, 2.45) is 4.99 Å². The van der Waals surface area contributed by atoms with Crippen molar-refractivity contribution in [1.29, 1.82) is 0 Å². The summed E-state index contributed by atoms with van der Waals surface area (Å²) in [6.07, 6.45) is -3.42. The van der Waals surface area contributed by atoms with Crippen molar-refractivity contribution in [3.63, 3.8) is 0 Å². The quantitative estimate of drug-likeness (QED) is 0.470. The van der Waals surface area contributed by atoms with Crippen LogP contribution in [-0.4, -0.2) is 23.1 Å². The molecule has 0 radical (unpaired) electrons. The number of carboxylic acids is 1. The minimum absolute atomic E-state index is 0.0711. The Morgan fingerprint density at radius 1 is 0.848 bits per heavy atom. The molecule has 4 nitrogen and oxygen atoms in total. The molecule has 0 fully saturated rings. The fraction of sp³-hybridized carbons (Fsp3) is 0.200.